The summed E-state index contributed by atoms with van der Waals surface area (Å²) in [4.78, 5) is 35.0. The van der Waals surface area contributed by atoms with Crippen molar-refractivity contribution in [3.63, 3.8) is 0 Å². The number of esters is 1. The van der Waals surface area contributed by atoms with Crippen LogP contribution in [0.1, 0.15) is 19.8 Å². The number of nitrogens with one attached hydrogen (secondary N) is 1. The Morgan fingerprint density at radius 2 is 2.00 bits per heavy atom. The summed E-state index contributed by atoms with van der Waals surface area (Å²) in [7, 11) is 1.20. The maximum absolute atomic E-state index is 11.8. The van der Waals surface area contributed by atoms with Gasteiger partial charge in [0, 0.05) is 19.6 Å². The van der Waals surface area contributed by atoms with Crippen LogP contribution in [0.15, 0.2) is 0 Å². The molecule has 0 spiro atoms. The first-order valence-corrected chi connectivity index (χ1v) is 5.92. The van der Waals surface area contributed by atoms with E-state index in [9.17, 15) is 14.4 Å². The lowest BCUT2D eigenvalue weighted by atomic mass is 10.2. The largest absolute Gasteiger partial charge is 0.480 e. The molecule has 0 saturated heterocycles. The van der Waals surface area contributed by atoms with Crippen molar-refractivity contribution in [2.24, 2.45) is 0 Å². The number of hydrogen-bond donors (Lipinski definition) is 3. The molecule has 0 radical (unpaired) electrons. The number of urea groups is 1. The molecule has 0 aliphatic heterocycles. The van der Waals surface area contributed by atoms with E-state index < -0.39 is 24.0 Å². The van der Waals surface area contributed by atoms with Gasteiger partial charge in [-0.05, 0) is 6.42 Å². The van der Waals surface area contributed by atoms with Gasteiger partial charge in [-0.25, -0.2) is 9.59 Å². The van der Waals surface area contributed by atoms with Crippen LogP contribution in [0.3, 0.4) is 0 Å². The fraction of sp³-hybridized carbons (Fsp3) is 0.727. The predicted octanol–water partition coefficient (Wildman–Crippen LogP) is -0.583. The Labute approximate surface area is 111 Å². The van der Waals surface area contributed by atoms with E-state index in [1.54, 1.807) is 0 Å². The maximum Gasteiger partial charge on any atom is 0.326 e. The summed E-state index contributed by atoms with van der Waals surface area (Å²) in [6.45, 7) is 1.51. The minimum absolute atomic E-state index is 0.0980. The third-order valence-corrected chi connectivity index (χ3v) is 2.34. The molecule has 0 unspecified atom stereocenters. The van der Waals surface area contributed by atoms with Gasteiger partial charge in [0.15, 0.2) is 0 Å². The third kappa shape index (κ3) is 6.61. The number of nitrogens with zero attached hydrogens (tertiary/aromatic N) is 1. The summed E-state index contributed by atoms with van der Waals surface area (Å²) >= 11 is 0. The molecule has 0 heterocycles. The van der Waals surface area contributed by atoms with Crippen LogP contribution in [-0.4, -0.2) is 65.9 Å². The topological polar surface area (TPSA) is 116 Å². The molecule has 0 aromatic heterocycles. The number of ether oxygens (including phenoxy) is 1. The molecule has 0 aromatic carbocycles. The Kier molecular flexibility index (Phi) is 8.27. The Bertz CT molecular complexity index is 318. The molecular weight excluding hydrogens is 256 g/mol. The normalized spacial score (nSPS) is 11.5. The van der Waals surface area contributed by atoms with E-state index in [2.05, 4.69) is 10.1 Å². The molecule has 1 atom stereocenters. The summed E-state index contributed by atoms with van der Waals surface area (Å²) in [6.07, 6.45) is 0.515. The van der Waals surface area contributed by atoms with Crippen molar-refractivity contribution in [2.45, 2.75) is 25.8 Å². The second kappa shape index (κ2) is 9.15. The monoisotopic (exact) mass is 276 g/mol. The van der Waals surface area contributed by atoms with Crippen molar-refractivity contribution in [1.29, 1.82) is 0 Å². The summed E-state index contributed by atoms with van der Waals surface area (Å²) in [5.41, 5.74) is 0. The van der Waals surface area contributed by atoms with Crippen molar-refractivity contribution < 1.29 is 29.3 Å². The first-order valence-electron chi connectivity index (χ1n) is 5.92. The summed E-state index contributed by atoms with van der Waals surface area (Å²) < 4.78 is 4.46. The number of aliphatic hydroxyl groups excluding tert-OH is 1. The molecule has 0 fully saturated rings. The van der Waals surface area contributed by atoms with E-state index in [0.717, 1.165) is 0 Å². The van der Waals surface area contributed by atoms with Crippen LogP contribution in [0.4, 0.5) is 4.79 Å². The average molecular weight is 276 g/mol. The first kappa shape index (κ1) is 17.2. The molecule has 2 amide bonds. The van der Waals surface area contributed by atoms with Crippen molar-refractivity contribution >= 4 is 18.0 Å². The van der Waals surface area contributed by atoms with E-state index in [4.69, 9.17) is 10.2 Å². The van der Waals surface area contributed by atoms with Crippen molar-refractivity contribution in [1.82, 2.24) is 10.2 Å². The van der Waals surface area contributed by atoms with Gasteiger partial charge in [0.05, 0.1) is 7.11 Å². The highest BCUT2D eigenvalue weighted by molar-refractivity contribution is 5.85. The third-order valence-electron chi connectivity index (χ3n) is 2.34. The molecule has 0 rings (SSSR count). The van der Waals surface area contributed by atoms with E-state index >= 15 is 0 Å². The Morgan fingerprint density at radius 3 is 2.42 bits per heavy atom. The number of rotatable bonds is 8. The second-order valence-corrected chi connectivity index (χ2v) is 3.85. The van der Waals surface area contributed by atoms with Gasteiger partial charge in [-0.1, -0.05) is 6.92 Å². The lowest BCUT2D eigenvalue weighted by Crippen LogP contribution is -2.50. The Hall–Kier alpha value is -1.83. The van der Waals surface area contributed by atoms with Crippen LogP contribution in [-0.2, 0) is 14.3 Å². The lowest BCUT2D eigenvalue weighted by Gasteiger charge is -2.23. The number of aliphatic hydroxyl groups is 1. The summed E-state index contributed by atoms with van der Waals surface area (Å²) in [6, 6.07) is -1.86. The SMILES string of the molecule is CCCN(CC(=O)OC)C(=O)N[C@@H](CCO)C(=O)O. The molecule has 0 aliphatic rings. The minimum Gasteiger partial charge on any atom is -0.480 e. The van der Waals surface area contributed by atoms with Gasteiger partial charge >= 0.3 is 18.0 Å². The van der Waals surface area contributed by atoms with Gasteiger partial charge in [0.2, 0.25) is 0 Å². The molecule has 0 aliphatic carbocycles. The highest BCUT2D eigenvalue weighted by Crippen LogP contribution is 1.98. The highest BCUT2D eigenvalue weighted by Gasteiger charge is 2.23. The minimum atomic E-state index is -1.24. The molecule has 0 saturated carbocycles. The average Bonchev–Trinajstić information content (AvgIpc) is 2.37. The molecule has 0 bridgehead atoms. The molecule has 8 heteroatoms. The number of carboxylic acid groups (broad SMARTS) is 1. The zero-order valence-electron chi connectivity index (χ0n) is 11.1. The summed E-state index contributed by atoms with van der Waals surface area (Å²) in [5, 5.41) is 19.8. The molecular formula is C11H20N2O6. The number of carbonyl (C=O) groups excluding carboxylic acids is 2. The van der Waals surface area contributed by atoms with Crippen LogP contribution < -0.4 is 5.32 Å². The fourth-order valence-electron chi connectivity index (χ4n) is 1.37. The van der Waals surface area contributed by atoms with E-state index in [1.807, 2.05) is 6.92 Å². The quantitative estimate of drug-likeness (QED) is 0.511. The zero-order chi connectivity index (χ0) is 14.8. The van der Waals surface area contributed by atoms with Crippen molar-refractivity contribution in [3.05, 3.63) is 0 Å². The standard InChI is InChI=1S/C11H20N2O6/c1-3-5-13(7-9(15)19-2)11(18)12-8(4-6-14)10(16)17/h8,14H,3-7H2,1-2H3,(H,12,18)(H,16,17)/t8-/m0/s1. The Morgan fingerprint density at radius 1 is 1.37 bits per heavy atom. The Balaban J connectivity index is 4.60. The van der Waals surface area contributed by atoms with Crippen LogP contribution in [0.5, 0.6) is 0 Å². The van der Waals surface area contributed by atoms with Gasteiger partial charge in [-0.15, -0.1) is 0 Å². The van der Waals surface area contributed by atoms with Gasteiger partial charge in [0.1, 0.15) is 12.6 Å². The van der Waals surface area contributed by atoms with Gasteiger partial charge in [0.25, 0.3) is 0 Å². The van der Waals surface area contributed by atoms with Crippen LogP contribution >= 0.6 is 0 Å². The second-order valence-electron chi connectivity index (χ2n) is 3.85. The van der Waals surface area contributed by atoms with Crippen LogP contribution in [0.25, 0.3) is 0 Å². The number of aliphatic carboxylic acids is 1. The van der Waals surface area contributed by atoms with Crippen LogP contribution in [0.2, 0.25) is 0 Å². The van der Waals surface area contributed by atoms with Crippen LogP contribution in [0, 0.1) is 0 Å². The summed E-state index contributed by atoms with van der Waals surface area (Å²) in [5.74, 6) is -1.82. The van der Waals surface area contributed by atoms with Crippen molar-refractivity contribution in [2.75, 3.05) is 26.8 Å². The number of amides is 2. The van der Waals surface area contributed by atoms with E-state index in [-0.39, 0.29) is 19.6 Å². The molecule has 3 N–H and O–H groups in total. The van der Waals surface area contributed by atoms with Crippen molar-refractivity contribution in [3.8, 4) is 0 Å². The fourth-order valence-corrected chi connectivity index (χ4v) is 1.37. The maximum atomic E-state index is 11.8. The highest BCUT2D eigenvalue weighted by atomic mass is 16.5. The smallest absolute Gasteiger partial charge is 0.326 e. The number of methoxy groups -OCH3 is 1. The number of carboxylic acids is 1. The molecule has 8 nitrogen and oxygen atoms in total. The molecule has 110 valence electrons. The predicted molar refractivity (Wildman–Crippen MR) is 65.5 cm³/mol. The number of carbonyl (C=O) groups is 3. The van der Waals surface area contributed by atoms with Gasteiger partial charge in [-0.3, -0.25) is 4.79 Å². The van der Waals surface area contributed by atoms with E-state index in [0.29, 0.717) is 13.0 Å². The van der Waals surface area contributed by atoms with Gasteiger partial charge in [-0.2, -0.15) is 0 Å². The zero-order valence-corrected chi connectivity index (χ0v) is 11.1. The number of hydrogen-bond acceptors (Lipinski definition) is 5. The molecule has 19 heavy (non-hydrogen) atoms. The van der Waals surface area contributed by atoms with E-state index in [1.165, 1.54) is 12.0 Å². The van der Waals surface area contributed by atoms with Gasteiger partial charge < -0.3 is 25.2 Å². The first-order chi connectivity index (χ1) is 8.96. The lowest BCUT2D eigenvalue weighted by molar-refractivity contribution is -0.141. The molecule has 0 aromatic rings.